The molecule has 0 saturated heterocycles. The molecule has 1 fully saturated rings. The Morgan fingerprint density at radius 3 is 2.55 bits per heavy atom. The van der Waals surface area contributed by atoms with E-state index in [4.69, 9.17) is 4.52 Å². The van der Waals surface area contributed by atoms with Gasteiger partial charge >= 0.3 is 0 Å². The number of rotatable bonds is 7. The molecular formula is C23H24FN3O2. The third kappa shape index (κ3) is 4.88. The second-order valence-corrected chi connectivity index (χ2v) is 7.52. The van der Waals surface area contributed by atoms with E-state index >= 15 is 0 Å². The Morgan fingerprint density at radius 1 is 1.10 bits per heavy atom. The summed E-state index contributed by atoms with van der Waals surface area (Å²) >= 11 is 0. The van der Waals surface area contributed by atoms with Crippen molar-refractivity contribution in [3.63, 3.8) is 0 Å². The second-order valence-electron chi connectivity index (χ2n) is 7.52. The van der Waals surface area contributed by atoms with Crippen molar-refractivity contribution in [1.82, 2.24) is 15.5 Å². The Bertz CT molecular complexity index is 934. The van der Waals surface area contributed by atoms with Gasteiger partial charge in [0.15, 0.2) is 0 Å². The highest BCUT2D eigenvalue weighted by molar-refractivity contribution is 5.76. The fourth-order valence-corrected chi connectivity index (χ4v) is 3.96. The van der Waals surface area contributed by atoms with E-state index in [0.29, 0.717) is 24.1 Å². The van der Waals surface area contributed by atoms with Crippen LogP contribution >= 0.6 is 0 Å². The number of amides is 1. The van der Waals surface area contributed by atoms with E-state index in [9.17, 15) is 9.18 Å². The third-order valence-electron chi connectivity index (χ3n) is 5.48. The molecule has 1 aliphatic carbocycles. The number of hydrogen-bond acceptors (Lipinski definition) is 4. The van der Waals surface area contributed by atoms with Gasteiger partial charge in [-0.05, 0) is 36.5 Å². The lowest BCUT2D eigenvalue weighted by Gasteiger charge is -2.25. The molecule has 1 heterocycles. The van der Waals surface area contributed by atoms with Crippen LogP contribution in [0.15, 0.2) is 59.1 Å². The van der Waals surface area contributed by atoms with Crippen molar-refractivity contribution in [2.45, 2.75) is 44.6 Å². The van der Waals surface area contributed by atoms with Gasteiger partial charge in [-0.2, -0.15) is 4.98 Å². The summed E-state index contributed by atoms with van der Waals surface area (Å²) in [7, 11) is 0. The van der Waals surface area contributed by atoms with Crippen molar-refractivity contribution >= 4 is 5.91 Å². The van der Waals surface area contributed by atoms with Gasteiger partial charge in [-0.3, -0.25) is 4.79 Å². The van der Waals surface area contributed by atoms with Gasteiger partial charge in [0.1, 0.15) is 5.82 Å². The van der Waals surface area contributed by atoms with E-state index in [1.165, 1.54) is 25.0 Å². The zero-order valence-electron chi connectivity index (χ0n) is 16.2. The zero-order chi connectivity index (χ0) is 20.1. The van der Waals surface area contributed by atoms with Crippen LogP contribution < -0.4 is 5.32 Å². The van der Waals surface area contributed by atoms with Crippen molar-refractivity contribution < 1.29 is 13.7 Å². The standard InChI is InChI=1S/C23H24FN3O2/c24-19-12-10-17(11-13-19)22(16-6-4-5-7-16)25-20(28)14-15-21-26-23(27-29-21)18-8-2-1-3-9-18/h1-3,8-13,16,22H,4-7,14-15H2,(H,25,28)/t22-/m1/s1. The third-order valence-corrected chi connectivity index (χ3v) is 5.48. The predicted molar refractivity (Wildman–Crippen MR) is 107 cm³/mol. The quantitative estimate of drug-likeness (QED) is 0.623. The van der Waals surface area contributed by atoms with Gasteiger partial charge in [-0.15, -0.1) is 0 Å². The Morgan fingerprint density at radius 2 is 1.83 bits per heavy atom. The fourth-order valence-electron chi connectivity index (χ4n) is 3.96. The number of aromatic nitrogens is 2. The minimum Gasteiger partial charge on any atom is -0.349 e. The lowest BCUT2D eigenvalue weighted by Crippen LogP contribution is -2.32. The molecule has 0 aliphatic heterocycles. The minimum atomic E-state index is -0.268. The number of halogens is 1. The lowest BCUT2D eigenvalue weighted by molar-refractivity contribution is -0.122. The molecule has 1 atom stereocenters. The number of aryl methyl sites for hydroxylation is 1. The second kappa shape index (κ2) is 8.99. The molecule has 0 radical (unpaired) electrons. The molecule has 150 valence electrons. The molecule has 0 bridgehead atoms. The first-order valence-electron chi connectivity index (χ1n) is 10.1. The number of benzene rings is 2. The highest BCUT2D eigenvalue weighted by Crippen LogP contribution is 2.35. The SMILES string of the molecule is O=C(CCc1nc(-c2ccccc2)no1)N[C@@H](c1ccc(F)cc1)C1CCCC1. The molecular weight excluding hydrogens is 369 g/mol. The molecule has 4 rings (SSSR count). The Balaban J connectivity index is 1.38. The van der Waals surface area contributed by atoms with Gasteiger partial charge in [0, 0.05) is 18.4 Å². The van der Waals surface area contributed by atoms with Gasteiger partial charge in [0.2, 0.25) is 17.6 Å². The van der Waals surface area contributed by atoms with Crippen LogP contribution in [0, 0.1) is 11.7 Å². The summed E-state index contributed by atoms with van der Waals surface area (Å²) < 4.78 is 18.6. The van der Waals surface area contributed by atoms with Crippen molar-refractivity contribution in [3.05, 3.63) is 71.9 Å². The van der Waals surface area contributed by atoms with Crippen LogP contribution in [-0.4, -0.2) is 16.0 Å². The van der Waals surface area contributed by atoms with Crippen molar-refractivity contribution in [3.8, 4) is 11.4 Å². The summed E-state index contributed by atoms with van der Waals surface area (Å²) in [5.74, 6) is 1.02. The fraction of sp³-hybridized carbons (Fsp3) is 0.348. The minimum absolute atomic E-state index is 0.0642. The Kier molecular flexibility index (Phi) is 5.98. The molecule has 1 amide bonds. The molecule has 0 spiro atoms. The molecule has 1 aromatic heterocycles. The predicted octanol–water partition coefficient (Wildman–Crippen LogP) is 4.86. The summed E-state index contributed by atoms with van der Waals surface area (Å²) in [5, 5.41) is 7.14. The molecule has 5 nitrogen and oxygen atoms in total. The number of nitrogens with one attached hydrogen (secondary N) is 1. The maximum absolute atomic E-state index is 13.3. The first kappa shape index (κ1) is 19.3. The van der Waals surface area contributed by atoms with Crippen LogP contribution in [0.4, 0.5) is 4.39 Å². The molecule has 29 heavy (non-hydrogen) atoms. The zero-order valence-corrected chi connectivity index (χ0v) is 16.2. The van der Waals surface area contributed by atoms with Crippen molar-refractivity contribution in [2.24, 2.45) is 5.92 Å². The maximum Gasteiger partial charge on any atom is 0.227 e. The number of carbonyl (C=O) groups is 1. The molecule has 1 N–H and O–H groups in total. The van der Waals surface area contributed by atoms with Crippen LogP contribution in [0.3, 0.4) is 0 Å². The molecule has 2 aromatic carbocycles. The Hall–Kier alpha value is -3.02. The van der Waals surface area contributed by atoms with E-state index in [1.807, 2.05) is 30.3 Å². The van der Waals surface area contributed by atoms with Gasteiger partial charge in [-0.1, -0.05) is 60.5 Å². The van der Waals surface area contributed by atoms with E-state index in [-0.39, 0.29) is 24.2 Å². The van der Waals surface area contributed by atoms with Gasteiger partial charge in [-0.25, -0.2) is 4.39 Å². The maximum atomic E-state index is 13.3. The van der Waals surface area contributed by atoms with E-state index in [1.54, 1.807) is 12.1 Å². The highest BCUT2D eigenvalue weighted by Gasteiger charge is 2.27. The molecule has 0 unspecified atom stereocenters. The Labute approximate surface area is 169 Å². The van der Waals surface area contributed by atoms with Crippen LogP contribution in [0.1, 0.15) is 49.6 Å². The number of nitrogens with zero attached hydrogens (tertiary/aromatic N) is 2. The van der Waals surface area contributed by atoms with Gasteiger partial charge in [0.05, 0.1) is 6.04 Å². The van der Waals surface area contributed by atoms with Crippen LogP contribution in [0.25, 0.3) is 11.4 Å². The van der Waals surface area contributed by atoms with Gasteiger partial charge in [0.25, 0.3) is 0 Å². The molecule has 6 heteroatoms. The molecule has 3 aromatic rings. The van der Waals surface area contributed by atoms with Crippen molar-refractivity contribution in [2.75, 3.05) is 0 Å². The number of hydrogen-bond donors (Lipinski definition) is 1. The monoisotopic (exact) mass is 393 g/mol. The topological polar surface area (TPSA) is 68.0 Å². The lowest BCUT2D eigenvalue weighted by atomic mass is 9.91. The van der Waals surface area contributed by atoms with Crippen molar-refractivity contribution in [1.29, 1.82) is 0 Å². The van der Waals surface area contributed by atoms with E-state index < -0.39 is 0 Å². The van der Waals surface area contributed by atoms with E-state index in [2.05, 4.69) is 15.5 Å². The highest BCUT2D eigenvalue weighted by atomic mass is 19.1. The first-order chi connectivity index (χ1) is 14.2. The molecule has 1 aliphatic rings. The molecule has 1 saturated carbocycles. The van der Waals surface area contributed by atoms with Crippen LogP contribution in [0.2, 0.25) is 0 Å². The van der Waals surface area contributed by atoms with Crippen LogP contribution in [-0.2, 0) is 11.2 Å². The normalized spacial score (nSPS) is 15.3. The largest absolute Gasteiger partial charge is 0.349 e. The summed E-state index contributed by atoms with van der Waals surface area (Å²) in [6.45, 7) is 0. The average Bonchev–Trinajstić information content (AvgIpc) is 3.44. The van der Waals surface area contributed by atoms with Gasteiger partial charge < -0.3 is 9.84 Å². The summed E-state index contributed by atoms with van der Waals surface area (Å²) in [6, 6.07) is 15.9. The smallest absolute Gasteiger partial charge is 0.227 e. The van der Waals surface area contributed by atoms with Crippen LogP contribution in [0.5, 0.6) is 0 Å². The van der Waals surface area contributed by atoms with E-state index in [0.717, 1.165) is 24.0 Å². The average molecular weight is 393 g/mol. The summed E-state index contributed by atoms with van der Waals surface area (Å²) in [4.78, 5) is 17.0. The summed E-state index contributed by atoms with van der Waals surface area (Å²) in [5.41, 5.74) is 1.83. The first-order valence-corrected chi connectivity index (χ1v) is 10.1. The number of carbonyl (C=O) groups excluding carboxylic acids is 1. The summed E-state index contributed by atoms with van der Waals surface area (Å²) in [6.07, 6.45) is 5.14.